The summed E-state index contributed by atoms with van der Waals surface area (Å²) in [5, 5.41) is 2.64. The molecule has 3 aromatic carbocycles. The van der Waals surface area contributed by atoms with E-state index < -0.39 is 18.0 Å². The van der Waals surface area contributed by atoms with E-state index in [-0.39, 0.29) is 12.5 Å². The van der Waals surface area contributed by atoms with E-state index in [1.54, 1.807) is 18.2 Å². The summed E-state index contributed by atoms with van der Waals surface area (Å²) in [5.41, 5.74) is 2.48. The molecule has 7 heteroatoms. The van der Waals surface area contributed by atoms with Crippen molar-refractivity contribution in [1.29, 1.82) is 0 Å². The van der Waals surface area contributed by atoms with Gasteiger partial charge in [0, 0.05) is 11.3 Å². The van der Waals surface area contributed by atoms with Crippen molar-refractivity contribution < 1.29 is 23.5 Å². The van der Waals surface area contributed by atoms with Gasteiger partial charge in [0.25, 0.3) is 5.91 Å². The molecule has 0 fully saturated rings. The van der Waals surface area contributed by atoms with Crippen LogP contribution in [-0.2, 0) is 16.1 Å². The molecule has 0 aliphatic carbocycles. The number of anilines is 2. The summed E-state index contributed by atoms with van der Waals surface area (Å²) in [7, 11) is 1.52. The maximum absolute atomic E-state index is 13.3. The molecule has 1 aliphatic heterocycles. The molecule has 3 aromatic rings. The molecule has 0 spiro atoms. The average Bonchev–Trinajstić information content (AvgIpc) is 3.04. The molecule has 30 heavy (non-hydrogen) atoms. The van der Waals surface area contributed by atoms with Gasteiger partial charge in [-0.05, 0) is 48.0 Å². The molecule has 1 atom stereocenters. The second kappa shape index (κ2) is 8.24. The SMILES string of the molecule is COc1ccc2c(c1)C(NC(=O)OCc1ccccc1)C(=O)N2c1ccc(F)cc1. The van der Waals surface area contributed by atoms with Crippen molar-refractivity contribution in [2.75, 3.05) is 12.0 Å². The Hall–Kier alpha value is -3.87. The minimum Gasteiger partial charge on any atom is -0.497 e. The van der Waals surface area contributed by atoms with Crippen LogP contribution in [0.15, 0.2) is 72.8 Å². The average molecular weight is 406 g/mol. The quantitative estimate of drug-likeness (QED) is 0.678. The predicted octanol–water partition coefficient (Wildman–Crippen LogP) is 4.48. The molecule has 0 bridgehead atoms. The summed E-state index contributed by atoms with van der Waals surface area (Å²) in [6, 6.07) is 19.0. The van der Waals surface area contributed by atoms with Crippen molar-refractivity contribution in [3.63, 3.8) is 0 Å². The fraction of sp³-hybridized carbons (Fsp3) is 0.130. The van der Waals surface area contributed by atoms with Gasteiger partial charge in [0.1, 0.15) is 24.2 Å². The Labute approximate surface area is 172 Å². The lowest BCUT2D eigenvalue weighted by molar-refractivity contribution is -0.119. The number of benzene rings is 3. The second-order valence-electron chi connectivity index (χ2n) is 6.71. The van der Waals surface area contributed by atoms with Crippen molar-refractivity contribution in [2.45, 2.75) is 12.6 Å². The number of nitrogens with zero attached hydrogens (tertiary/aromatic N) is 1. The minimum absolute atomic E-state index is 0.0836. The van der Waals surface area contributed by atoms with Gasteiger partial charge in [0.05, 0.1) is 12.8 Å². The Morgan fingerprint density at radius 1 is 1.07 bits per heavy atom. The number of halogens is 1. The van der Waals surface area contributed by atoms with Gasteiger partial charge in [-0.25, -0.2) is 9.18 Å². The van der Waals surface area contributed by atoms with Crippen LogP contribution in [0.4, 0.5) is 20.6 Å². The number of methoxy groups -OCH3 is 1. The first-order chi connectivity index (χ1) is 14.6. The Balaban J connectivity index is 1.59. The molecular weight excluding hydrogens is 387 g/mol. The van der Waals surface area contributed by atoms with Crippen LogP contribution in [0.3, 0.4) is 0 Å². The number of rotatable bonds is 5. The molecule has 0 radical (unpaired) electrons. The monoisotopic (exact) mass is 406 g/mol. The highest BCUT2D eigenvalue weighted by molar-refractivity contribution is 6.11. The largest absolute Gasteiger partial charge is 0.497 e. The van der Waals surface area contributed by atoms with Crippen molar-refractivity contribution >= 4 is 23.4 Å². The van der Waals surface area contributed by atoms with E-state index in [1.807, 2.05) is 30.3 Å². The number of hydrogen-bond acceptors (Lipinski definition) is 4. The second-order valence-corrected chi connectivity index (χ2v) is 6.71. The third-order valence-electron chi connectivity index (χ3n) is 4.81. The van der Waals surface area contributed by atoms with Crippen molar-refractivity contribution in [3.8, 4) is 5.75 Å². The van der Waals surface area contributed by atoms with Gasteiger partial charge in [-0.1, -0.05) is 30.3 Å². The number of carbonyl (C=O) groups excluding carboxylic acids is 2. The van der Waals surface area contributed by atoms with Crippen LogP contribution in [0.25, 0.3) is 0 Å². The van der Waals surface area contributed by atoms with Crippen molar-refractivity contribution in [1.82, 2.24) is 5.32 Å². The summed E-state index contributed by atoms with van der Waals surface area (Å²) in [6.07, 6.45) is -0.716. The van der Waals surface area contributed by atoms with E-state index >= 15 is 0 Å². The molecule has 0 aromatic heterocycles. The predicted molar refractivity (Wildman–Crippen MR) is 109 cm³/mol. The Morgan fingerprint density at radius 2 is 1.80 bits per heavy atom. The molecule has 0 saturated carbocycles. The zero-order valence-corrected chi connectivity index (χ0v) is 16.2. The van der Waals surface area contributed by atoms with E-state index in [0.29, 0.717) is 22.7 Å². The van der Waals surface area contributed by atoms with Gasteiger partial charge in [0.15, 0.2) is 0 Å². The number of nitrogens with one attached hydrogen (secondary N) is 1. The van der Waals surface area contributed by atoms with E-state index in [1.165, 1.54) is 36.3 Å². The van der Waals surface area contributed by atoms with Gasteiger partial charge in [-0.15, -0.1) is 0 Å². The molecule has 152 valence electrons. The van der Waals surface area contributed by atoms with Crippen molar-refractivity contribution in [3.05, 3.63) is 89.7 Å². The lowest BCUT2D eigenvalue weighted by Crippen LogP contribution is -2.36. The number of amides is 2. The summed E-state index contributed by atoms with van der Waals surface area (Å²) >= 11 is 0. The molecule has 1 unspecified atom stereocenters. The lowest BCUT2D eigenvalue weighted by Gasteiger charge is -2.18. The zero-order chi connectivity index (χ0) is 21.1. The molecule has 1 aliphatic rings. The van der Waals surface area contributed by atoms with Crippen molar-refractivity contribution in [2.24, 2.45) is 0 Å². The molecule has 2 amide bonds. The first-order valence-electron chi connectivity index (χ1n) is 9.31. The van der Waals surface area contributed by atoms with Crippen LogP contribution in [-0.4, -0.2) is 19.1 Å². The molecule has 6 nitrogen and oxygen atoms in total. The van der Waals surface area contributed by atoms with Gasteiger partial charge in [0.2, 0.25) is 0 Å². The van der Waals surface area contributed by atoms with Gasteiger partial charge >= 0.3 is 6.09 Å². The zero-order valence-electron chi connectivity index (χ0n) is 16.2. The molecule has 4 rings (SSSR count). The van der Waals surface area contributed by atoms with E-state index in [4.69, 9.17) is 9.47 Å². The molecular formula is C23H19FN2O4. The Kier molecular flexibility index (Phi) is 5.34. The summed E-state index contributed by atoms with van der Waals surface area (Å²) in [5.74, 6) is -0.229. The number of hydrogen-bond donors (Lipinski definition) is 1. The Morgan fingerprint density at radius 3 is 2.50 bits per heavy atom. The first-order valence-corrected chi connectivity index (χ1v) is 9.31. The summed E-state index contributed by atoms with van der Waals surface area (Å²) in [4.78, 5) is 27.0. The minimum atomic E-state index is -0.955. The van der Waals surface area contributed by atoms with E-state index in [0.717, 1.165) is 5.56 Å². The first kappa shape index (κ1) is 19.4. The van der Waals surface area contributed by atoms with Gasteiger partial charge in [-0.2, -0.15) is 0 Å². The highest BCUT2D eigenvalue weighted by atomic mass is 19.1. The topological polar surface area (TPSA) is 67.9 Å². The number of ether oxygens (including phenoxy) is 2. The fourth-order valence-corrected chi connectivity index (χ4v) is 3.35. The maximum atomic E-state index is 13.3. The highest BCUT2D eigenvalue weighted by Crippen LogP contribution is 2.42. The van der Waals surface area contributed by atoms with Crippen LogP contribution < -0.4 is 15.0 Å². The van der Waals surface area contributed by atoms with E-state index in [2.05, 4.69) is 5.32 Å². The van der Waals surface area contributed by atoms with Crippen LogP contribution in [0.1, 0.15) is 17.2 Å². The van der Waals surface area contributed by atoms with Crippen LogP contribution in [0.2, 0.25) is 0 Å². The third kappa shape index (κ3) is 3.82. The maximum Gasteiger partial charge on any atom is 0.408 e. The highest BCUT2D eigenvalue weighted by Gasteiger charge is 2.39. The number of fused-ring (bicyclic) bond motifs is 1. The Bertz CT molecular complexity index is 1070. The lowest BCUT2D eigenvalue weighted by atomic mass is 10.1. The van der Waals surface area contributed by atoms with Gasteiger partial charge in [-0.3, -0.25) is 9.69 Å². The van der Waals surface area contributed by atoms with Crippen LogP contribution in [0.5, 0.6) is 5.75 Å². The van der Waals surface area contributed by atoms with Crippen LogP contribution in [0, 0.1) is 5.82 Å². The standard InChI is InChI=1S/C23H19FN2O4/c1-29-18-11-12-20-19(13-18)21(22(27)26(20)17-9-7-16(24)8-10-17)25-23(28)30-14-15-5-3-2-4-6-15/h2-13,21H,14H2,1H3,(H,25,28). The normalized spacial score (nSPS) is 14.9. The smallest absolute Gasteiger partial charge is 0.408 e. The number of alkyl carbamates (subject to hydrolysis) is 1. The molecule has 1 N–H and O–H groups in total. The molecule has 1 heterocycles. The van der Waals surface area contributed by atoms with Crippen LogP contribution >= 0.6 is 0 Å². The third-order valence-corrected chi connectivity index (χ3v) is 4.81. The number of carbonyl (C=O) groups is 2. The summed E-state index contributed by atoms with van der Waals surface area (Å²) < 4.78 is 23.9. The summed E-state index contributed by atoms with van der Waals surface area (Å²) in [6.45, 7) is 0.0836. The van der Waals surface area contributed by atoms with Gasteiger partial charge < -0.3 is 14.8 Å². The fourth-order valence-electron chi connectivity index (χ4n) is 3.35. The molecule has 0 saturated heterocycles. The van der Waals surface area contributed by atoms with E-state index in [9.17, 15) is 14.0 Å².